The third kappa shape index (κ3) is 1.69. The van der Waals surface area contributed by atoms with Crippen LogP contribution in [0.2, 0.25) is 5.15 Å². The summed E-state index contributed by atoms with van der Waals surface area (Å²) < 4.78 is 7.01. The summed E-state index contributed by atoms with van der Waals surface area (Å²) in [6, 6.07) is 0. The van der Waals surface area contributed by atoms with Crippen LogP contribution in [0.4, 0.5) is 0 Å². The number of hydrogen-bond donors (Lipinski definition) is 0. The number of aromatic nitrogens is 4. The fraction of sp³-hybridized carbons (Fsp3) is 0.375. The minimum atomic E-state index is 0.412. The van der Waals surface area contributed by atoms with Crippen LogP contribution in [0.15, 0.2) is 12.4 Å². The van der Waals surface area contributed by atoms with E-state index in [1.807, 2.05) is 6.92 Å². The third-order valence-electron chi connectivity index (χ3n) is 1.77. The van der Waals surface area contributed by atoms with E-state index in [-0.39, 0.29) is 0 Å². The maximum absolute atomic E-state index is 5.75. The highest BCUT2D eigenvalue weighted by atomic mass is 35.5. The van der Waals surface area contributed by atoms with Crippen LogP contribution in [0.1, 0.15) is 12.7 Å². The van der Waals surface area contributed by atoms with Gasteiger partial charge in [-0.3, -0.25) is 4.40 Å². The van der Waals surface area contributed by atoms with Crippen molar-refractivity contribution in [1.82, 2.24) is 19.6 Å². The molecule has 0 saturated carbocycles. The summed E-state index contributed by atoms with van der Waals surface area (Å²) in [5.41, 5.74) is 0.670. The highest BCUT2D eigenvalue weighted by Crippen LogP contribution is 2.08. The van der Waals surface area contributed by atoms with Crippen molar-refractivity contribution in [3.8, 4) is 0 Å². The minimum absolute atomic E-state index is 0.412. The molecular formula is C8H9ClN4O. The maximum atomic E-state index is 5.75. The van der Waals surface area contributed by atoms with Crippen LogP contribution >= 0.6 is 11.6 Å². The van der Waals surface area contributed by atoms with Gasteiger partial charge in [-0.05, 0) is 6.92 Å². The second-order valence-electron chi connectivity index (χ2n) is 2.69. The molecular weight excluding hydrogens is 204 g/mol. The topological polar surface area (TPSA) is 52.3 Å². The van der Waals surface area contributed by atoms with Crippen molar-refractivity contribution in [2.24, 2.45) is 0 Å². The number of rotatable bonds is 3. The molecule has 0 atom stereocenters. The molecule has 0 aliphatic carbocycles. The summed E-state index contributed by atoms with van der Waals surface area (Å²) in [7, 11) is 0. The first-order valence-corrected chi connectivity index (χ1v) is 4.62. The SMILES string of the molecule is CCOCc1nnc2cnc(Cl)cn12. The van der Waals surface area contributed by atoms with Gasteiger partial charge in [-0.1, -0.05) is 11.6 Å². The zero-order valence-electron chi connectivity index (χ0n) is 7.64. The van der Waals surface area contributed by atoms with Crippen LogP contribution < -0.4 is 0 Å². The van der Waals surface area contributed by atoms with E-state index >= 15 is 0 Å². The Balaban J connectivity index is 2.40. The molecule has 2 aromatic rings. The molecule has 0 unspecified atom stereocenters. The van der Waals surface area contributed by atoms with Crippen LogP contribution in [-0.2, 0) is 11.3 Å². The van der Waals surface area contributed by atoms with Gasteiger partial charge in [0.05, 0.1) is 6.20 Å². The van der Waals surface area contributed by atoms with Gasteiger partial charge >= 0.3 is 0 Å². The molecule has 0 amide bonds. The zero-order valence-corrected chi connectivity index (χ0v) is 8.40. The molecule has 2 aromatic heterocycles. The lowest BCUT2D eigenvalue weighted by Crippen LogP contribution is -1.98. The van der Waals surface area contributed by atoms with E-state index in [2.05, 4.69) is 15.2 Å². The highest BCUT2D eigenvalue weighted by molar-refractivity contribution is 6.29. The van der Waals surface area contributed by atoms with Crippen molar-refractivity contribution in [2.75, 3.05) is 6.61 Å². The van der Waals surface area contributed by atoms with Crippen molar-refractivity contribution in [3.63, 3.8) is 0 Å². The zero-order chi connectivity index (χ0) is 9.97. The first-order valence-electron chi connectivity index (χ1n) is 4.24. The molecule has 0 aliphatic rings. The first kappa shape index (κ1) is 9.36. The average Bonchev–Trinajstić information content (AvgIpc) is 2.57. The fourth-order valence-electron chi connectivity index (χ4n) is 1.12. The molecule has 0 aromatic carbocycles. The van der Waals surface area contributed by atoms with Gasteiger partial charge in [-0.25, -0.2) is 4.98 Å². The molecule has 0 bridgehead atoms. The monoisotopic (exact) mass is 212 g/mol. The van der Waals surface area contributed by atoms with E-state index in [1.165, 1.54) is 0 Å². The lowest BCUT2D eigenvalue weighted by molar-refractivity contribution is 0.127. The molecule has 0 N–H and O–H groups in total. The number of halogens is 1. The number of nitrogens with zero attached hydrogens (tertiary/aromatic N) is 4. The average molecular weight is 213 g/mol. The van der Waals surface area contributed by atoms with Gasteiger partial charge < -0.3 is 4.74 Å². The summed E-state index contributed by atoms with van der Waals surface area (Å²) in [4.78, 5) is 3.90. The summed E-state index contributed by atoms with van der Waals surface area (Å²) in [5, 5.41) is 8.30. The molecule has 2 heterocycles. The molecule has 2 rings (SSSR count). The Morgan fingerprint density at radius 1 is 1.50 bits per heavy atom. The van der Waals surface area contributed by atoms with E-state index in [1.54, 1.807) is 16.8 Å². The quantitative estimate of drug-likeness (QED) is 0.770. The van der Waals surface area contributed by atoms with Gasteiger partial charge in [0, 0.05) is 12.8 Å². The fourth-order valence-corrected chi connectivity index (χ4v) is 1.26. The molecule has 5 nitrogen and oxygen atoms in total. The lowest BCUT2D eigenvalue weighted by atomic mass is 10.6. The smallest absolute Gasteiger partial charge is 0.179 e. The Morgan fingerprint density at radius 3 is 3.14 bits per heavy atom. The molecule has 14 heavy (non-hydrogen) atoms. The van der Waals surface area contributed by atoms with Gasteiger partial charge in [0.1, 0.15) is 11.8 Å². The molecule has 0 saturated heterocycles. The Hall–Kier alpha value is -1.20. The van der Waals surface area contributed by atoms with Gasteiger partial charge in [0.25, 0.3) is 0 Å². The van der Waals surface area contributed by atoms with Crippen molar-refractivity contribution in [3.05, 3.63) is 23.4 Å². The first-order chi connectivity index (χ1) is 6.81. The summed E-state index contributed by atoms with van der Waals surface area (Å²) in [5.74, 6) is 0.728. The Labute approximate surface area is 85.7 Å². The van der Waals surface area contributed by atoms with Crippen molar-refractivity contribution in [2.45, 2.75) is 13.5 Å². The number of fused-ring (bicyclic) bond motifs is 1. The molecule has 0 radical (unpaired) electrons. The lowest BCUT2D eigenvalue weighted by Gasteiger charge is -1.99. The van der Waals surface area contributed by atoms with Crippen LogP contribution in [0.5, 0.6) is 0 Å². The molecule has 0 fully saturated rings. The van der Waals surface area contributed by atoms with Crippen molar-refractivity contribution < 1.29 is 4.74 Å². The predicted octanol–water partition coefficient (Wildman–Crippen LogP) is 1.31. The van der Waals surface area contributed by atoms with Gasteiger partial charge in [0.15, 0.2) is 11.5 Å². The summed E-state index contributed by atoms with van der Waals surface area (Å²) in [6.45, 7) is 3.00. The van der Waals surface area contributed by atoms with E-state index < -0.39 is 0 Å². The van der Waals surface area contributed by atoms with Gasteiger partial charge in [-0.2, -0.15) is 0 Å². The van der Waals surface area contributed by atoms with E-state index in [0.29, 0.717) is 24.0 Å². The van der Waals surface area contributed by atoms with Crippen LogP contribution in [0, 0.1) is 0 Å². The largest absolute Gasteiger partial charge is 0.374 e. The number of ether oxygens (including phenoxy) is 1. The Kier molecular flexibility index (Phi) is 2.60. The van der Waals surface area contributed by atoms with Crippen LogP contribution in [0.25, 0.3) is 5.65 Å². The minimum Gasteiger partial charge on any atom is -0.374 e. The predicted molar refractivity (Wildman–Crippen MR) is 51.1 cm³/mol. The Bertz CT molecular complexity index is 442. The summed E-state index contributed by atoms with van der Waals surface area (Å²) in [6.07, 6.45) is 3.25. The second kappa shape index (κ2) is 3.89. The molecule has 6 heteroatoms. The highest BCUT2D eigenvalue weighted by Gasteiger charge is 2.05. The van der Waals surface area contributed by atoms with E-state index in [9.17, 15) is 0 Å². The van der Waals surface area contributed by atoms with Gasteiger partial charge in [-0.15, -0.1) is 10.2 Å². The number of hydrogen-bond acceptors (Lipinski definition) is 4. The summed E-state index contributed by atoms with van der Waals surface area (Å²) >= 11 is 5.75. The molecule has 74 valence electrons. The van der Waals surface area contributed by atoms with Crippen LogP contribution in [-0.4, -0.2) is 26.2 Å². The van der Waals surface area contributed by atoms with E-state index in [4.69, 9.17) is 16.3 Å². The van der Waals surface area contributed by atoms with Gasteiger partial charge in [0.2, 0.25) is 0 Å². The van der Waals surface area contributed by atoms with E-state index in [0.717, 1.165) is 5.82 Å². The van der Waals surface area contributed by atoms with Crippen LogP contribution in [0.3, 0.4) is 0 Å². The van der Waals surface area contributed by atoms with Crippen molar-refractivity contribution >= 4 is 17.2 Å². The molecule has 0 aliphatic heterocycles. The third-order valence-corrected chi connectivity index (χ3v) is 1.96. The Morgan fingerprint density at radius 2 is 2.36 bits per heavy atom. The standard InChI is InChI=1S/C8H9ClN4O/c1-2-14-5-8-12-11-7-3-10-6(9)4-13(7)8/h3-4H,2,5H2,1H3. The normalized spacial score (nSPS) is 11.0. The maximum Gasteiger partial charge on any atom is 0.179 e. The molecule has 0 spiro atoms. The van der Waals surface area contributed by atoms with Crippen molar-refractivity contribution in [1.29, 1.82) is 0 Å². The second-order valence-corrected chi connectivity index (χ2v) is 3.08.